The molecule has 2 aromatic rings. The fraction of sp³-hybridized carbons (Fsp3) is 0.528. The third kappa shape index (κ3) is 12.2. The van der Waals surface area contributed by atoms with Crippen molar-refractivity contribution < 1.29 is 19.1 Å². The lowest BCUT2D eigenvalue weighted by Gasteiger charge is -2.35. The molecule has 0 radical (unpaired) electrons. The van der Waals surface area contributed by atoms with E-state index in [0.717, 1.165) is 44.1 Å². The van der Waals surface area contributed by atoms with Gasteiger partial charge in [-0.25, -0.2) is 4.79 Å². The predicted octanol–water partition coefficient (Wildman–Crippen LogP) is 6.95. The van der Waals surface area contributed by atoms with Crippen LogP contribution in [-0.4, -0.2) is 47.0 Å². The van der Waals surface area contributed by atoms with E-state index in [1.54, 1.807) is 31.7 Å². The van der Waals surface area contributed by atoms with Crippen molar-refractivity contribution in [2.45, 2.75) is 117 Å². The Kier molecular flexibility index (Phi) is 14.8. The molecule has 0 fully saturated rings. The second-order valence-electron chi connectivity index (χ2n) is 12.2. The smallest absolute Gasteiger partial charge is 0.408 e. The third-order valence-corrected chi connectivity index (χ3v) is 7.14. The van der Waals surface area contributed by atoms with Crippen LogP contribution in [0.25, 0.3) is 0 Å². The maximum absolute atomic E-state index is 14.6. The van der Waals surface area contributed by atoms with Crippen LogP contribution in [-0.2, 0) is 20.7 Å². The lowest BCUT2D eigenvalue weighted by molar-refractivity contribution is -0.142. The molecule has 3 atom stereocenters. The highest BCUT2D eigenvalue weighted by Crippen LogP contribution is 2.27. The summed E-state index contributed by atoms with van der Waals surface area (Å²) < 4.78 is 5.54. The van der Waals surface area contributed by atoms with Crippen LogP contribution in [0, 0.1) is 12.3 Å². The van der Waals surface area contributed by atoms with Gasteiger partial charge in [0.25, 0.3) is 0 Å². The molecule has 0 heterocycles. The maximum Gasteiger partial charge on any atom is 0.408 e. The number of carbonyl (C=O) groups is 3. The molecule has 0 bridgehead atoms. The summed E-state index contributed by atoms with van der Waals surface area (Å²) in [6.45, 7) is 11.8. The zero-order valence-electron chi connectivity index (χ0n) is 26.9. The number of hydrogen-bond donors (Lipinski definition) is 2. The average molecular weight is 590 g/mol. The summed E-state index contributed by atoms with van der Waals surface area (Å²) in [5, 5.41) is 5.95. The normalized spacial score (nSPS) is 13.2. The van der Waals surface area contributed by atoms with Gasteiger partial charge in [0.1, 0.15) is 17.7 Å². The van der Waals surface area contributed by atoms with Gasteiger partial charge in [-0.15, -0.1) is 6.42 Å². The van der Waals surface area contributed by atoms with Crippen LogP contribution < -0.4 is 10.6 Å². The Morgan fingerprint density at radius 3 is 2.19 bits per heavy atom. The van der Waals surface area contributed by atoms with E-state index < -0.39 is 23.8 Å². The van der Waals surface area contributed by atoms with Gasteiger partial charge in [-0.05, 0) is 57.7 Å². The molecule has 7 nitrogen and oxygen atoms in total. The number of unbranched alkanes of at least 4 members (excludes halogenated alkanes) is 4. The topological polar surface area (TPSA) is 87.7 Å². The Bertz CT molecular complexity index is 1200. The van der Waals surface area contributed by atoms with Crippen molar-refractivity contribution in [3.05, 3.63) is 71.3 Å². The van der Waals surface area contributed by atoms with Gasteiger partial charge in [-0.2, -0.15) is 0 Å². The largest absolute Gasteiger partial charge is 0.444 e. The van der Waals surface area contributed by atoms with Crippen LogP contribution in [0.1, 0.15) is 109 Å². The fourth-order valence-corrected chi connectivity index (χ4v) is 5.10. The van der Waals surface area contributed by atoms with Crippen LogP contribution >= 0.6 is 0 Å². The second kappa shape index (κ2) is 18.0. The highest BCUT2D eigenvalue weighted by Gasteiger charge is 2.37. The van der Waals surface area contributed by atoms with Crippen molar-refractivity contribution in [3.63, 3.8) is 0 Å². The maximum atomic E-state index is 14.6. The lowest BCUT2D eigenvalue weighted by atomic mass is 9.96. The van der Waals surface area contributed by atoms with E-state index in [2.05, 4.69) is 30.4 Å². The standard InChI is InChI=1S/C36H51N3O4/c1-8-11-12-13-19-25-39(32(33(40)37-27(4)20-9-2)30-24-18-17-23-29(30)10-3)34(41)31(26-28-21-15-14-16-22-28)38-35(42)43-36(5,6)7/h3,14-18,21-24,27,31-32H,8-9,11-13,19-20,25-26H2,1-2,4-7H3,(H,37,40)(H,38,42). The summed E-state index contributed by atoms with van der Waals surface area (Å²) in [6, 6.07) is 14.8. The van der Waals surface area contributed by atoms with Crippen LogP contribution in [0.4, 0.5) is 4.79 Å². The Balaban J connectivity index is 2.60. The monoisotopic (exact) mass is 589 g/mol. The van der Waals surface area contributed by atoms with Gasteiger partial charge < -0.3 is 20.3 Å². The second-order valence-corrected chi connectivity index (χ2v) is 12.2. The van der Waals surface area contributed by atoms with E-state index in [9.17, 15) is 14.4 Å². The van der Waals surface area contributed by atoms with E-state index in [1.165, 1.54) is 0 Å². The first kappa shape index (κ1) is 35.4. The van der Waals surface area contributed by atoms with Gasteiger partial charge in [0.05, 0.1) is 0 Å². The minimum atomic E-state index is -0.969. The van der Waals surface area contributed by atoms with Gasteiger partial charge in [-0.3, -0.25) is 9.59 Å². The molecule has 0 aliphatic heterocycles. The summed E-state index contributed by atoms with van der Waals surface area (Å²) in [5.41, 5.74) is 1.27. The minimum Gasteiger partial charge on any atom is -0.444 e. The zero-order valence-corrected chi connectivity index (χ0v) is 26.9. The number of benzene rings is 2. The summed E-state index contributed by atoms with van der Waals surface area (Å²) in [4.78, 5) is 43.3. The molecule has 0 aromatic heterocycles. The molecule has 0 aliphatic carbocycles. The first-order valence-electron chi connectivity index (χ1n) is 15.7. The molecule has 0 aliphatic rings. The van der Waals surface area contributed by atoms with Crippen molar-refractivity contribution in [2.75, 3.05) is 6.54 Å². The Labute approximate surface area is 259 Å². The third-order valence-electron chi connectivity index (χ3n) is 7.14. The van der Waals surface area contributed by atoms with Gasteiger partial charge in [0.2, 0.25) is 11.8 Å². The summed E-state index contributed by atoms with van der Waals surface area (Å²) in [7, 11) is 0. The molecular formula is C36H51N3O4. The number of nitrogens with zero attached hydrogens (tertiary/aromatic N) is 1. The van der Waals surface area contributed by atoms with Crippen LogP contribution in [0.2, 0.25) is 0 Å². The molecule has 2 aromatic carbocycles. The number of terminal acetylenes is 1. The van der Waals surface area contributed by atoms with E-state index in [4.69, 9.17) is 11.2 Å². The highest BCUT2D eigenvalue weighted by atomic mass is 16.6. The number of ether oxygens (including phenoxy) is 1. The Morgan fingerprint density at radius 2 is 1.56 bits per heavy atom. The van der Waals surface area contributed by atoms with Gasteiger partial charge in [0.15, 0.2) is 0 Å². The number of hydrogen-bond acceptors (Lipinski definition) is 4. The number of nitrogens with one attached hydrogen (secondary N) is 2. The van der Waals surface area contributed by atoms with E-state index in [0.29, 0.717) is 24.1 Å². The average Bonchev–Trinajstić information content (AvgIpc) is 2.95. The SMILES string of the molecule is C#Cc1ccccc1C(C(=O)NC(C)CCC)N(CCCCCCC)C(=O)C(Cc1ccccc1)NC(=O)OC(C)(C)C. The molecule has 2 rings (SSSR count). The number of carbonyl (C=O) groups excluding carboxylic acids is 3. The van der Waals surface area contributed by atoms with Crippen molar-refractivity contribution in [1.29, 1.82) is 0 Å². The van der Waals surface area contributed by atoms with E-state index >= 15 is 0 Å². The molecule has 234 valence electrons. The minimum absolute atomic E-state index is 0.0838. The Morgan fingerprint density at radius 1 is 0.907 bits per heavy atom. The molecule has 3 amide bonds. The molecule has 3 unspecified atom stereocenters. The molecule has 43 heavy (non-hydrogen) atoms. The number of rotatable bonds is 16. The van der Waals surface area contributed by atoms with Gasteiger partial charge in [0, 0.05) is 24.6 Å². The first-order chi connectivity index (χ1) is 20.5. The Hall–Kier alpha value is -3.79. The summed E-state index contributed by atoms with van der Waals surface area (Å²) in [5.74, 6) is 2.06. The van der Waals surface area contributed by atoms with E-state index in [1.807, 2.05) is 55.5 Å². The number of alkyl carbamates (subject to hydrolysis) is 1. The van der Waals surface area contributed by atoms with Crippen molar-refractivity contribution in [3.8, 4) is 12.3 Å². The highest BCUT2D eigenvalue weighted by molar-refractivity contribution is 5.92. The molecule has 0 saturated heterocycles. The van der Waals surface area contributed by atoms with Crippen molar-refractivity contribution in [2.24, 2.45) is 0 Å². The van der Waals surface area contributed by atoms with Crippen LogP contribution in [0.3, 0.4) is 0 Å². The quantitative estimate of drug-likeness (QED) is 0.164. The van der Waals surface area contributed by atoms with Crippen molar-refractivity contribution >= 4 is 17.9 Å². The van der Waals surface area contributed by atoms with Gasteiger partial charge >= 0.3 is 6.09 Å². The van der Waals surface area contributed by atoms with Crippen molar-refractivity contribution in [1.82, 2.24) is 15.5 Å². The first-order valence-corrected chi connectivity index (χ1v) is 15.7. The lowest BCUT2D eigenvalue weighted by Crippen LogP contribution is -2.54. The van der Waals surface area contributed by atoms with Gasteiger partial charge in [-0.1, -0.05) is 100 Å². The predicted molar refractivity (Wildman–Crippen MR) is 173 cm³/mol. The summed E-state index contributed by atoms with van der Waals surface area (Å²) >= 11 is 0. The van der Waals surface area contributed by atoms with Crippen LogP contribution in [0.15, 0.2) is 54.6 Å². The van der Waals surface area contributed by atoms with E-state index in [-0.39, 0.29) is 24.3 Å². The summed E-state index contributed by atoms with van der Waals surface area (Å²) in [6.07, 6.45) is 12.0. The molecule has 0 saturated carbocycles. The van der Waals surface area contributed by atoms with Crippen LogP contribution in [0.5, 0.6) is 0 Å². The molecule has 0 spiro atoms. The molecular weight excluding hydrogens is 538 g/mol. The molecule has 7 heteroatoms. The number of amides is 3. The molecule has 2 N–H and O–H groups in total. The fourth-order valence-electron chi connectivity index (χ4n) is 5.10. The zero-order chi connectivity index (χ0) is 31.8.